The monoisotopic (exact) mass is 452 g/mol. The number of nitriles is 1. The van der Waals surface area contributed by atoms with E-state index in [-0.39, 0.29) is 24.3 Å². The average Bonchev–Trinajstić information content (AvgIpc) is 3.27. The minimum absolute atomic E-state index is 0.0470. The minimum Gasteiger partial charge on any atom is -0.383 e. The van der Waals surface area contributed by atoms with Gasteiger partial charge in [-0.15, -0.1) is 0 Å². The summed E-state index contributed by atoms with van der Waals surface area (Å²) < 4.78 is 6.81. The predicted octanol–water partition coefficient (Wildman–Crippen LogP) is 4.09. The van der Waals surface area contributed by atoms with E-state index in [4.69, 9.17) is 9.84 Å². The van der Waals surface area contributed by atoms with Crippen molar-refractivity contribution < 1.29 is 14.3 Å². The Labute approximate surface area is 198 Å². The summed E-state index contributed by atoms with van der Waals surface area (Å²) in [6, 6.07) is 19.6. The molecule has 0 unspecified atom stereocenters. The van der Waals surface area contributed by atoms with E-state index in [0.29, 0.717) is 16.8 Å². The molecule has 1 aromatic heterocycles. The van der Waals surface area contributed by atoms with Crippen molar-refractivity contribution in [1.29, 1.82) is 5.26 Å². The predicted molar refractivity (Wildman–Crippen MR) is 129 cm³/mol. The third-order valence-corrected chi connectivity index (χ3v) is 5.73. The maximum atomic E-state index is 13.3. The Balaban J connectivity index is 1.89. The number of hydrogen-bond acceptors (Lipinski definition) is 5. The lowest BCUT2D eigenvalue weighted by Gasteiger charge is -2.27. The quantitative estimate of drug-likeness (QED) is 0.415. The summed E-state index contributed by atoms with van der Waals surface area (Å²) in [5.41, 5.74) is 4.88. The first-order valence-electron chi connectivity index (χ1n) is 10.8. The molecule has 0 aliphatic carbocycles. The first-order valence-corrected chi connectivity index (χ1v) is 10.8. The number of amides is 2. The molecule has 0 atom stereocenters. The summed E-state index contributed by atoms with van der Waals surface area (Å²) in [6.07, 6.45) is 3.56. The van der Waals surface area contributed by atoms with Crippen LogP contribution in [-0.4, -0.2) is 46.8 Å². The van der Waals surface area contributed by atoms with Crippen LogP contribution in [0.1, 0.15) is 18.1 Å². The number of ether oxygens (including phenoxy) is 1. The fraction of sp³-hybridized carbons (Fsp3) is 0.185. The van der Waals surface area contributed by atoms with Crippen LogP contribution in [-0.2, 0) is 14.3 Å². The van der Waals surface area contributed by atoms with Gasteiger partial charge in [0.05, 0.1) is 24.5 Å². The van der Waals surface area contributed by atoms with Gasteiger partial charge in [-0.2, -0.15) is 10.4 Å². The molecule has 0 radical (unpaired) electrons. The molecule has 4 rings (SSSR count). The Morgan fingerprint density at radius 2 is 1.74 bits per heavy atom. The fourth-order valence-electron chi connectivity index (χ4n) is 3.81. The van der Waals surface area contributed by atoms with Gasteiger partial charge in [-0.1, -0.05) is 48.0 Å². The smallest absolute Gasteiger partial charge is 0.271 e. The number of nitrogens with zero attached hydrogens (tertiary/aromatic N) is 4. The van der Waals surface area contributed by atoms with E-state index in [1.54, 1.807) is 17.7 Å². The van der Waals surface area contributed by atoms with E-state index in [1.807, 2.05) is 73.8 Å². The van der Waals surface area contributed by atoms with Crippen LogP contribution in [0.2, 0.25) is 0 Å². The molecule has 0 bridgehead atoms. The molecular formula is C27H24N4O3. The summed E-state index contributed by atoms with van der Waals surface area (Å²) in [6.45, 7) is 3.89. The molecule has 7 nitrogen and oxygen atoms in total. The van der Waals surface area contributed by atoms with Crippen LogP contribution < -0.4 is 0 Å². The zero-order chi connectivity index (χ0) is 24.2. The lowest BCUT2D eigenvalue weighted by atomic mass is 9.93. The van der Waals surface area contributed by atoms with Gasteiger partial charge >= 0.3 is 0 Å². The molecule has 7 heteroatoms. The summed E-state index contributed by atoms with van der Waals surface area (Å²) in [5, 5.41) is 14.4. The standard InChI is InChI=1S/C27H24N4O3/c1-18-9-11-20(12-10-18)25-21(17-31(29-25)22-7-5-4-6-8-22)15-23-19(2)24(16-28)27(33)30(26(23)32)13-14-34-3/h4-12,15,17H,13-14H2,1-3H3/b23-15+. The molecule has 1 aliphatic rings. The minimum atomic E-state index is -0.599. The van der Waals surface area contributed by atoms with Gasteiger partial charge in [-0.05, 0) is 37.6 Å². The second kappa shape index (κ2) is 9.69. The van der Waals surface area contributed by atoms with Gasteiger partial charge in [0, 0.05) is 30.0 Å². The van der Waals surface area contributed by atoms with E-state index in [2.05, 4.69) is 0 Å². The van der Waals surface area contributed by atoms with Crippen LogP contribution in [0.4, 0.5) is 0 Å². The molecule has 0 spiro atoms. The molecule has 3 aromatic rings. The second-order valence-electron chi connectivity index (χ2n) is 8.00. The highest BCUT2D eigenvalue weighted by molar-refractivity contribution is 6.19. The number of aromatic nitrogens is 2. The van der Waals surface area contributed by atoms with Crippen molar-refractivity contribution in [3.05, 3.63) is 88.6 Å². The molecule has 2 aromatic carbocycles. The van der Waals surface area contributed by atoms with Crippen LogP contribution in [0.15, 0.2) is 77.5 Å². The zero-order valence-electron chi connectivity index (χ0n) is 19.3. The third-order valence-electron chi connectivity index (χ3n) is 5.73. The van der Waals surface area contributed by atoms with Gasteiger partial charge in [0.2, 0.25) is 0 Å². The molecule has 0 fully saturated rings. The Hall–Kier alpha value is -4.28. The Morgan fingerprint density at radius 1 is 1.03 bits per heavy atom. The molecule has 170 valence electrons. The number of benzene rings is 2. The number of rotatable bonds is 6. The number of methoxy groups -OCH3 is 1. The number of carbonyl (C=O) groups is 2. The van der Waals surface area contributed by atoms with Gasteiger partial charge in [-0.3, -0.25) is 14.5 Å². The van der Waals surface area contributed by atoms with Gasteiger partial charge in [-0.25, -0.2) is 4.68 Å². The largest absolute Gasteiger partial charge is 0.383 e. The number of carbonyl (C=O) groups excluding carboxylic acids is 2. The van der Waals surface area contributed by atoms with E-state index < -0.39 is 11.8 Å². The molecule has 2 heterocycles. The third kappa shape index (κ3) is 4.32. The van der Waals surface area contributed by atoms with E-state index in [9.17, 15) is 14.9 Å². The van der Waals surface area contributed by atoms with Gasteiger partial charge in [0.1, 0.15) is 11.6 Å². The molecular weight excluding hydrogens is 428 g/mol. The van der Waals surface area contributed by atoms with E-state index in [0.717, 1.165) is 21.7 Å². The van der Waals surface area contributed by atoms with Gasteiger partial charge in [0.25, 0.3) is 11.8 Å². The zero-order valence-corrected chi connectivity index (χ0v) is 19.3. The number of hydrogen-bond donors (Lipinski definition) is 0. The fourth-order valence-corrected chi connectivity index (χ4v) is 3.81. The summed E-state index contributed by atoms with van der Waals surface area (Å²) >= 11 is 0. The first-order chi connectivity index (χ1) is 16.4. The van der Waals surface area contributed by atoms with Crippen molar-refractivity contribution in [1.82, 2.24) is 14.7 Å². The van der Waals surface area contributed by atoms with Gasteiger partial charge in [0.15, 0.2) is 0 Å². The second-order valence-corrected chi connectivity index (χ2v) is 8.00. The highest BCUT2D eigenvalue weighted by atomic mass is 16.5. The van der Waals surface area contributed by atoms with Crippen LogP contribution in [0.25, 0.3) is 23.0 Å². The summed E-state index contributed by atoms with van der Waals surface area (Å²) in [4.78, 5) is 27.1. The lowest BCUT2D eigenvalue weighted by molar-refractivity contribution is -0.141. The summed E-state index contributed by atoms with van der Waals surface area (Å²) in [7, 11) is 1.49. The van der Waals surface area contributed by atoms with Crippen LogP contribution in [0, 0.1) is 18.3 Å². The molecule has 2 amide bonds. The van der Waals surface area contributed by atoms with Crippen molar-refractivity contribution in [3.63, 3.8) is 0 Å². The van der Waals surface area contributed by atoms with Gasteiger partial charge < -0.3 is 4.74 Å². The highest BCUT2D eigenvalue weighted by Crippen LogP contribution is 2.31. The lowest BCUT2D eigenvalue weighted by Crippen LogP contribution is -2.44. The van der Waals surface area contributed by atoms with Crippen molar-refractivity contribution in [3.8, 4) is 23.0 Å². The maximum absolute atomic E-state index is 13.3. The number of imide groups is 1. The topological polar surface area (TPSA) is 88.2 Å². The molecule has 0 N–H and O–H groups in total. The van der Waals surface area contributed by atoms with E-state index in [1.165, 1.54) is 7.11 Å². The SMILES string of the molecule is COCCN1C(=O)C(C#N)=C(C)/C(=C\c2cn(-c3ccccc3)nc2-c2ccc(C)cc2)C1=O. The van der Waals surface area contributed by atoms with Crippen molar-refractivity contribution >= 4 is 17.9 Å². The van der Waals surface area contributed by atoms with Crippen molar-refractivity contribution in [2.24, 2.45) is 0 Å². The molecule has 34 heavy (non-hydrogen) atoms. The molecule has 0 saturated heterocycles. The van der Waals surface area contributed by atoms with Crippen molar-refractivity contribution in [2.45, 2.75) is 13.8 Å². The Kier molecular flexibility index (Phi) is 6.53. The molecule has 1 aliphatic heterocycles. The van der Waals surface area contributed by atoms with Crippen LogP contribution in [0.3, 0.4) is 0 Å². The van der Waals surface area contributed by atoms with E-state index >= 15 is 0 Å². The summed E-state index contributed by atoms with van der Waals surface area (Å²) in [5.74, 6) is -1.06. The average molecular weight is 453 g/mol. The Bertz CT molecular complexity index is 1340. The molecule has 0 saturated carbocycles. The van der Waals surface area contributed by atoms with Crippen LogP contribution >= 0.6 is 0 Å². The highest BCUT2D eigenvalue weighted by Gasteiger charge is 2.35. The van der Waals surface area contributed by atoms with Crippen LogP contribution in [0.5, 0.6) is 0 Å². The first kappa shape index (κ1) is 22.9. The normalized spacial score (nSPS) is 15.2. The number of para-hydroxylation sites is 1. The van der Waals surface area contributed by atoms with Crippen molar-refractivity contribution in [2.75, 3.05) is 20.3 Å². The number of aryl methyl sites for hydroxylation is 1. The maximum Gasteiger partial charge on any atom is 0.271 e. The Morgan fingerprint density at radius 3 is 2.38 bits per heavy atom.